The van der Waals surface area contributed by atoms with Crippen LogP contribution in [0.1, 0.15) is 56.9 Å². The molecule has 33 heavy (non-hydrogen) atoms. The van der Waals surface area contributed by atoms with Gasteiger partial charge in [-0.25, -0.2) is 4.79 Å². The third-order valence-electron chi connectivity index (χ3n) is 6.14. The number of anilines is 1. The molecule has 2 aromatic rings. The van der Waals surface area contributed by atoms with E-state index in [2.05, 4.69) is 23.1 Å². The van der Waals surface area contributed by atoms with Gasteiger partial charge < -0.3 is 14.5 Å². The zero-order valence-corrected chi connectivity index (χ0v) is 21.5. The maximum Gasteiger partial charge on any atom is 0.410 e. The van der Waals surface area contributed by atoms with Crippen LogP contribution in [0.5, 0.6) is 0 Å². The number of carbonyl (C=O) groups is 1. The summed E-state index contributed by atoms with van der Waals surface area (Å²) in [6, 6.07) is 8.42. The lowest BCUT2D eigenvalue weighted by molar-refractivity contribution is 0.0258. The summed E-state index contributed by atoms with van der Waals surface area (Å²) in [5.41, 5.74) is 4.30. The molecule has 4 rings (SSSR count). The molecule has 2 aliphatic rings. The van der Waals surface area contributed by atoms with Crippen LogP contribution in [0, 0.1) is 0 Å². The largest absolute Gasteiger partial charge is 0.444 e. The SMILES string of the molecule is CC(C)(C)OC(=O)N1CCc2ccc(Cl)c(SCc3ccc(N4CCCCC4)cn3)c2CC1. The van der Waals surface area contributed by atoms with Crippen LogP contribution in [0.3, 0.4) is 0 Å². The van der Waals surface area contributed by atoms with Crippen molar-refractivity contribution in [3.8, 4) is 0 Å². The summed E-state index contributed by atoms with van der Waals surface area (Å²) in [5.74, 6) is 0.770. The van der Waals surface area contributed by atoms with E-state index < -0.39 is 5.60 Å². The normalized spacial score (nSPS) is 16.8. The molecule has 1 amide bonds. The van der Waals surface area contributed by atoms with Gasteiger partial charge in [0.25, 0.3) is 0 Å². The minimum absolute atomic E-state index is 0.242. The van der Waals surface area contributed by atoms with Crippen molar-refractivity contribution >= 4 is 35.1 Å². The van der Waals surface area contributed by atoms with Crippen LogP contribution in [-0.4, -0.2) is 47.8 Å². The summed E-state index contributed by atoms with van der Waals surface area (Å²) < 4.78 is 5.59. The number of nitrogens with zero attached hydrogens (tertiary/aromatic N) is 3. The molecule has 0 bridgehead atoms. The second-order valence-electron chi connectivity index (χ2n) is 9.83. The number of amides is 1. The molecule has 5 nitrogen and oxygen atoms in total. The lowest BCUT2D eigenvalue weighted by Crippen LogP contribution is -2.38. The first kappa shape index (κ1) is 24.2. The van der Waals surface area contributed by atoms with Gasteiger partial charge in [0.1, 0.15) is 5.60 Å². The van der Waals surface area contributed by atoms with E-state index in [9.17, 15) is 4.79 Å². The number of ether oxygens (including phenoxy) is 1. The van der Waals surface area contributed by atoms with Crippen molar-refractivity contribution < 1.29 is 9.53 Å². The van der Waals surface area contributed by atoms with Crippen LogP contribution in [0.2, 0.25) is 5.02 Å². The Balaban J connectivity index is 1.42. The predicted octanol–water partition coefficient (Wildman–Crippen LogP) is 6.35. The average Bonchev–Trinajstić information content (AvgIpc) is 3.01. The Hall–Kier alpha value is -1.92. The van der Waals surface area contributed by atoms with Gasteiger partial charge in [0, 0.05) is 36.8 Å². The molecule has 0 atom stereocenters. The quantitative estimate of drug-likeness (QED) is 0.470. The Morgan fingerprint density at radius 1 is 1.06 bits per heavy atom. The van der Waals surface area contributed by atoms with Crippen molar-refractivity contribution in [2.24, 2.45) is 0 Å². The summed E-state index contributed by atoms with van der Waals surface area (Å²) in [4.78, 5) is 22.7. The van der Waals surface area contributed by atoms with Gasteiger partial charge >= 0.3 is 6.09 Å². The minimum Gasteiger partial charge on any atom is -0.444 e. The highest BCUT2D eigenvalue weighted by Crippen LogP contribution is 2.36. The molecule has 1 saturated heterocycles. The first-order valence-corrected chi connectivity index (χ1v) is 13.3. The molecule has 1 aromatic heterocycles. The molecule has 1 aromatic carbocycles. The van der Waals surface area contributed by atoms with E-state index in [1.54, 1.807) is 11.8 Å². The molecule has 7 heteroatoms. The van der Waals surface area contributed by atoms with E-state index in [1.165, 1.54) is 36.1 Å². The van der Waals surface area contributed by atoms with E-state index >= 15 is 0 Å². The summed E-state index contributed by atoms with van der Waals surface area (Å²) in [6.07, 6.45) is 7.21. The smallest absolute Gasteiger partial charge is 0.410 e. The van der Waals surface area contributed by atoms with Crippen molar-refractivity contribution in [3.63, 3.8) is 0 Å². The number of carbonyl (C=O) groups excluding carboxylic acids is 1. The number of thioether (sulfide) groups is 1. The summed E-state index contributed by atoms with van der Waals surface area (Å²) in [5, 5.41) is 0.773. The van der Waals surface area contributed by atoms with Gasteiger partial charge in [-0.3, -0.25) is 4.98 Å². The molecular formula is C26H34ClN3O2S. The third kappa shape index (κ3) is 6.36. The van der Waals surface area contributed by atoms with E-state index in [0.717, 1.165) is 47.3 Å². The molecule has 178 valence electrons. The van der Waals surface area contributed by atoms with Gasteiger partial charge in [-0.2, -0.15) is 0 Å². The van der Waals surface area contributed by atoms with Gasteiger partial charge in [0.2, 0.25) is 0 Å². The maximum absolute atomic E-state index is 12.6. The number of benzene rings is 1. The zero-order valence-electron chi connectivity index (χ0n) is 19.9. The highest BCUT2D eigenvalue weighted by Gasteiger charge is 2.25. The first-order valence-electron chi connectivity index (χ1n) is 11.9. The third-order valence-corrected chi connectivity index (χ3v) is 7.76. The molecule has 0 aliphatic carbocycles. The lowest BCUT2D eigenvalue weighted by Gasteiger charge is -2.28. The molecule has 0 radical (unpaired) electrons. The molecule has 2 aliphatic heterocycles. The van der Waals surface area contributed by atoms with Crippen LogP contribution >= 0.6 is 23.4 Å². The van der Waals surface area contributed by atoms with Gasteiger partial charge in [-0.1, -0.05) is 17.7 Å². The molecule has 0 saturated carbocycles. The molecule has 0 N–H and O–H groups in total. The summed E-state index contributed by atoms with van der Waals surface area (Å²) >= 11 is 8.38. The van der Waals surface area contributed by atoms with Crippen molar-refractivity contribution in [2.75, 3.05) is 31.1 Å². The topological polar surface area (TPSA) is 45.7 Å². The Bertz CT molecular complexity index is 969. The number of hydrogen-bond acceptors (Lipinski definition) is 5. The van der Waals surface area contributed by atoms with Crippen LogP contribution in [0.15, 0.2) is 35.4 Å². The van der Waals surface area contributed by atoms with Crippen LogP contribution in [-0.2, 0) is 23.3 Å². The second-order valence-corrected chi connectivity index (χ2v) is 11.2. The number of piperidine rings is 1. The highest BCUT2D eigenvalue weighted by molar-refractivity contribution is 7.98. The molecule has 0 spiro atoms. The number of aromatic nitrogens is 1. The average molecular weight is 488 g/mol. The van der Waals surface area contributed by atoms with Crippen molar-refractivity contribution in [2.45, 2.75) is 69.1 Å². The summed E-state index contributed by atoms with van der Waals surface area (Å²) in [7, 11) is 0. The van der Waals surface area contributed by atoms with Crippen molar-refractivity contribution in [1.82, 2.24) is 9.88 Å². The lowest BCUT2D eigenvalue weighted by atomic mass is 10.0. The predicted molar refractivity (Wildman–Crippen MR) is 137 cm³/mol. The monoisotopic (exact) mass is 487 g/mol. The van der Waals surface area contributed by atoms with E-state index in [4.69, 9.17) is 21.3 Å². The van der Waals surface area contributed by atoms with Gasteiger partial charge in [-0.15, -0.1) is 11.8 Å². The van der Waals surface area contributed by atoms with E-state index in [-0.39, 0.29) is 6.09 Å². The van der Waals surface area contributed by atoms with Gasteiger partial charge in [0.05, 0.1) is 22.6 Å². The standard InChI is InChI=1S/C26H34ClN3O2S/c1-26(2,3)32-25(31)30-15-11-19-7-10-23(27)24(22(19)12-16-30)33-18-20-8-9-21(17-28-20)29-13-5-4-6-14-29/h7-10,17H,4-6,11-16,18H2,1-3H3. The molecule has 3 heterocycles. The van der Waals surface area contributed by atoms with Crippen LogP contribution in [0.4, 0.5) is 10.5 Å². The van der Waals surface area contributed by atoms with Crippen molar-refractivity contribution in [3.05, 3.63) is 52.3 Å². The Morgan fingerprint density at radius 2 is 1.82 bits per heavy atom. The number of fused-ring (bicyclic) bond motifs is 1. The fourth-order valence-corrected chi connectivity index (χ4v) is 5.83. The van der Waals surface area contributed by atoms with E-state index in [0.29, 0.717) is 13.1 Å². The van der Waals surface area contributed by atoms with Crippen LogP contribution in [0.25, 0.3) is 0 Å². The molecule has 1 fully saturated rings. The fourth-order valence-electron chi connectivity index (χ4n) is 4.41. The number of hydrogen-bond donors (Lipinski definition) is 0. The zero-order chi connectivity index (χ0) is 23.4. The maximum atomic E-state index is 12.6. The van der Waals surface area contributed by atoms with Crippen LogP contribution < -0.4 is 4.90 Å². The Kier molecular flexibility index (Phi) is 7.75. The van der Waals surface area contributed by atoms with Gasteiger partial charge in [0.15, 0.2) is 0 Å². The van der Waals surface area contributed by atoms with Crippen molar-refractivity contribution in [1.29, 1.82) is 0 Å². The minimum atomic E-state index is -0.489. The second kappa shape index (κ2) is 10.6. The van der Waals surface area contributed by atoms with E-state index in [1.807, 2.05) is 37.9 Å². The summed E-state index contributed by atoms with van der Waals surface area (Å²) in [6.45, 7) is 9.26. The molecule has 0 unspecified atom stereocenters. The highest BCUT2D eigenvalue weighted by atomic mass is 35.5. The number of pyridine rings is 1. The number of halogens is 1. The Morgan fingerprint density at radius 3 is 2.52 bits per heavy atom. The first-order chi connectivity index (χ1) is 15.8. The number of rotatable bonds is 4. The van der Waals surface area contributed by atoms with Gasteiger partial charge in [-0.05, 0) is 82.2 Å². The Labute approximate surface area is 206 Å². The molecular weight excluding hydrogens is 454 g/mol. The fraction of sp³-hybridized carbons (Fsp3) is 0.538.